The van der Waals surface area contributed by atoms with Crippen molar-refractivity contribution >= 4 is 54.8 Å². The van der Waals surface area contributed by atoms with Gasteiger partial charge in [-0.15, -0.1) is 0 Å². The first-order valence-electron chi connectivity index (χ1n) is 10.6. The number of aromatic nitrogens is 2. The zero-order valence-electron chi connectivity index (χ0n) is 19.9. The van der Waals surface area contributed by atoms with Crippen LogP contribution in [0.3, 0.4) is 0 Å². The van der Waals surface area contributed by atoms with Crippen LogP contribution in [0, 0.1) is 20.2 Å². The third-order valence-corrected chi connectivity index (χ3v) is 6.08. The second-order valence-electron chi connectivity index (χ2n) is 7.25. The quantitative estimate of drug-likeness (QED) is 0.143. The molecule has 200 valence electrons. The maximum absolute atomic E-state index is 12.2. The second-order valence-corrected chi connectivity index (χ2v) is 9.27. The number of allylic oxidation sites excluding steroid dienone is 1. The number of hydrogen-bond donors (Lipinski definition) is 3. The lowest BCUT2D eigenvalue weighted by atomic mass is 10.2. The highest BCUT2D eigenvalue weighted by Gasteiger charge is 2.18. The molecule has 2 aromatic carbocycles. The number of amides is 2. The number of nitrogens with zero attached hydrogens (tertiary/aromatic N) is 4. The van der Waals surface area contributed by atoms with Crippen LogP contribution >= 0.6 is 22.7 Å². The number of benzene rings is 2. The summed E-state index contributed by atoms with van der Waals surface area (Å²) < 4.78 is 5.37. The Labute approximate surface area is 227 Å². The summed E-state index contributed by atoms with van der Waals surface area (Å²) in [5.41, 5.74) is 0.369. The molecule has 4 aromatic rings. The van der Waals surface area contributed by atoms with Gasteiger partial charge in [0.15, 0.2) is 10.3 Å². The van der Waals surface area contributed by atoms with Crippen LogP contribution in [0.25, 0.3) is 0 Å². The Hall–Kier alpha value is -5.22. The number of carbonyl (C=O) groups is 2. The Bertz CT molecular complexity index is 1550. The number of phenols is 1. The van der Waals surface area contributed by atoms with Crippen LogP contribution in [0.5, 0.6) is 11.5 Å². The number of nitrogens with one attached hydrogen (secondary N) is 2. The number of aromatic hydroxyl groups is 1. The van der Waals surface area contributed by atoms with Gasteiger partial charge in [0.2, 0.25) is 0 Å². The van der Waals surface area contributed by atoms with E-state index in [1.54, 1.807) is 43.3 Å². The lowest BCUT2D eigenvalue weighted by Crippen LogP contribution is -2.13. The van der Waals surface area contributed by atoms with Crippen LogP contribution in [0.4, 0.5) is 20.3 Å². The number of ether oxygens (including phenoxy) is 1. The molecule has 0 unspecified atom stereocenters. The van der Waals surface area contributed by atoms with Gasteiger partial charge in [0.25, 0.3) is 11.8 Å². The first kappa shape index (κ1) is 28.4. The Balaban J connectivity index is 0.000000218. The van der Waals surface area contributed by atoms with E-state index < -0.39 is 21.7 Å². The van der Waals surface area contributed by atoms with E-state index in [0.717, 1.165) is 35.1 Å². The fourth-order valence-corrected chi connectivity index (χ4v) is 4.00. The van der Waals surface area contributed by atoms with E-state index in [1.165, 1.54) is 12.1 Å². The molecular formula is C23H18N6O8S2. The van der Waals surface area contributed by atoms with Crippen molar-refractivity contribution < 1.29 is 29.3 Å². The van der Waals surface area contributed by atoms with E-state index in [1.807, 2.05) is 0 Å². The number of nitro groups is 2. The summed E-state index contributed by atoms with van der Waals surface area (Å²) in [5, 5.41) is 35.3. The van der Waals surface area contributed by atoms with Gasteiger partial charge in [0.05, 0.1) is 26.7 Å². The average Bonchev–Trinajstić information content (AvgIpc) is 3.55. The predicted molar refractivity (Wildman–Crippen MR) is 143 cm³/mol. The Morgan fingerprint density at radius 1 is 0.872 bits per heavy atom. The Kier molecular flexibility index (Phi) is 9.33. The number of carbonyl (C=O) groups excluding carboxylic acids is 2. The van der Waals surface area contributed by atoms with Crippen molar-refractivity contribution in [1.82, 2.24) is 9.97 Å². The molecule has 0 bridgehead atoms. The number of rotatable bonds is 8. The molecule has 3 N–H and O–H groups in total. The standard InChI is InChI=1S/C13H11N3O4S.C10H7N3O4S/c1-8(2)20-10-6-4-3-5-9(10)12(17)15-13-14-7-11(21-13)16(18)19;14-7-4-2-1-3-6(7)9(15)12-10-11-5-8(18-10)13(16)17/h3-7H,1H2,2H3,(H,14,15,17);1-5,14H,(H,11,12,15). The monoisotopic (exact) mass is 570 g/mol. The third kappa shape index (κ3) is 7.88. The normalized spacial score (nSPS) is 9.97. The first-order chi connectivity index (χ1) is 18.5. The predicted octanol–water partition coefficient (Wildman–Crippen LogP) is 5.23. The summed E-state index contributed by atoms with van der Waals surface area (Å²) in [6.45, 7) is 5.28. The number of hydrogen-bond acceptors (Lipinski definition) is 12. The van der Waals surface area contributed by atoms with Crippen LogP contribution in [0.15, 0.2) is 73.3 Å². The fourth-order valence-electron chi connectivity index (χ4n) is 2.74. The smallest absolute Gasteiger partial charge is 0.345 e. The highest BCUT2D eigenvalue weighted by molar-refractivity contribution is 7.19. The van der Waals surface area contributed by atoms with Crippen molar-refractivity contribution in [2.45, 2.75) is 6.92 Å². The Morgan fingerprint density at radius 2 is 1.33 bits per heavy atom. The average molecular weight is 571 g/mol. The largest absolute Gasteiger partial charge is 0.507 e. The maximum atomic E-state index is 12.2. The van der Waals surface area contributed by atoms with Crippen molar-refractivity contribution in [3.05, 3.63) is 105 Å². The molecule has 0 atom stereocenters. The van der Waals surface area contributed by atoms with Crippen LogP contribution in [0.1, 0.15) is 27.6 Å². The van der Waals surface area contributed by atoms with E-state index in [9.17, 15) is 34.9 Å². The minimum atomic E-state index is -0.590. The Morgan fingerprint density at radius 3 is 1.79 bits per heavy atom. The molecule has 4 rings (SSSR count). The van der Waals surface area contributed by atoms with Gasteiger partial charge in [-0.2, -0.15) is 0 Å². The third-order valence-electron chi connectivity index (χ3n) is 4.35. The molecule has 0 fully saturated rings. The topological polar surface area (TPSA) is 200 Å². The maximum Gasteiger partial charge on any atom is 0.345 e. The number of anilines is 2. The first-order valence-corrected chi connectivity index (χ1v) is 12.2. The van der Waals surface area contributed by atoms with E-state index in [0.29, 0.717) is 17.1 Å². The van der Waals surface area contributed by atoms with Crippen LogP contribution in [-0.4, -0.2) is 36.7 Å². The van der Waals surface area contributed by atoms with Crippen LogP contribution < -0.4 is 15.4 Å². The van der Waals surface area contributed by atoms with Gasteiger partial charge >= 0.3 is 10.0 Å². The summed E-state index contributed by atoms with van der Waals surface area (Å²) in [5.74, 6) is -0.400. The van der Waals surface area contributed by atoms with Gasteiger partial charge in [-0.25, -0.2) is 9.97 Å². The summed E-state index contributed by atoms with van der Waals surface area (Å²) in [4.78, 5) is 51.3. The molecule has 0 aliphatic rings. The second kappa shape index (κ2) is 12.8. The molecular weight excluding hydrogens is 552 g/mol. The molecule has 0 aliphatic heterocycles. The molecule has 39 heavy (non-hydrogen) atoms. The molecule has 0 saturated heterocycles. The molecule has 0 aliphatic carbocycles. The minimum absolute atomic E-state index is 0.0790. The molecule has 0 radical (unpaired) electrons. The molecule has 2 amide bonds. The molecule has 0 saturated carbocycles. The minimum Gasteiger partial charge on any atom is -0.507 e. The van der Waals surface area contributed by atoms with E-state index in [2.05, 4.69) is 27.2 Å². The van der Waals surface area contributed by atoms with Crippen LogP contribution in [0.2, 0.25) is 0 Å². The SMILES string of the molecule is C=C(C)Oc1ccccc1C(=O)Nc1ncc([N+](=O)[O-])s1.O=C(Nc1ncc([N+](=O)[O-])s1)c1ccccc1O. The zero-order chi connectivity index (χ0) is 28.5. The molecule has 2 heterocycles. The lowest BCUT2D eigenvalue weighted by Gasteiger charge is -2.09. The van der Waals surface area contributed by atoms with Gasteiger partial charge in [-0.05, 0) is 53.9 Å². The van der Waals surface area contributed by atoms with Crippen molar-refractivity contribution in [1.29, 1.82) is 0 Å². The van der Waals surface area contributed by atoms with Gasteiger partial charge in [0, 0.05) is 0 Å². The molecule has 16 heteroatoms. The summed E-state index contributed by atoms with van der Waals surface area (Å²) >= 11 is 1.53. The number of phenolic OH excluding ortho intramolecular Hbond substituents is 1. The zero-order valence-corrected chi connectivity index (χ0v) is 21.5. The fraction of sp³-hybridized carbons (Fsp3) is 0.0435. The van der Waals surface area contributed by atoms with E-state index in [-0.39, 0.29) is 31.6 Å². The highest BCUT2D eigenvalue weighted by Crippen LogP contribution is 2.28. The molecule has 14 nitrogen and oxygen atoms in total. The van der Waals surface area contributed by atoms with Gasteiger partial charge < -0.3 is 9.84 Å². The summed E-state index contributed by atoms with van der Waals surface area (Å²) in [7, 11) is 0. The van der Waals surface area contributed by atoms with Crippen molar-refractivity contribution in [2.75, 3.05) is 10.6 Å². The summed E-state index contributed by atoms with van der Waals surface area (Å²) in [6, 6.07) is 12.6. The highest BCUT2D eigenvalue weighted by atomic mass is 32.1. The molecule has 2 aromatic heterocycles. The number of para-hydroxylation sites is 2. The number of thiazole rings is 2. The van der Waals surface area contributed by atoms with E-state index >= 15 is 0 Å². The van der Waals surface area contributed by atoms with Crippen LogP contribution in [-0.2, 0) is 0 Å². The molecule has 0 spiro atoms. The van der Waals surface area contributed by atoms with Crippen molar-refractivity contribution in [3.63, 3.8) is 0 Å². The van der Waals surface area contributed by atoms with Gasteiger partial charge in [-0.1, -0.05) is 30.8 Å². The summed E-state index contributed by atoms with van der Waals surface area (Å²) in [6.07, 6.45) is 2.15. The van der Waals surface area contributed by atoms with Gasteiger partial charge in [0.1, 0.15) is 23.9 Å². The lowest BCUT2D eigenvalue weighted by molar-refractivity contribution is -0.380. The van der Waals surface area contributed by atoms with Gasteiger partial charge in [-0.3, -0.25) is 40.5 Å². The van der Waals surface area contributed by atoms with Crippen molar-refractivity contribution in [2.24, 2.45) is 0 Å². The van der Waals surface area contributed by atoms with Crippen molar-refractivity contribution in [3.8, 4) is 11.5 Å². The van der Waals surface area contributed by atoms with E-state index in [4.69, 9.17) is 4.74 Å².